The summed E-state index contributed by atoms with van der Waals surface area (Å²) in [6.45, 7) is 5.36. The van der Waals surface area contributed by atoms with E-state index in [0.29, 0.717) is 0 Å². The van der Waals surface area contributed by atoms with Crippen LogP contribution in [-0.4, -0.2) is 78.2 Å². The van der Waals surface area contributed by atoms with Gasteiger partial charge in [0.05, 0.1) is 6.10 Å². The minimum atomic E-state index is -0.254. The number of aliphatic hydroxyl groups excluding tert-OH is 1. The van der Waals surface area contributed by atoms with Crippen LogP contribution in [0.5, 0.6) is 0 Å². The lowest BCUT2D eigenvalue weighted by molar-refractivity contribution is -0.0466. The number of amides is 1. The molecule has 0 bridgehead atoms. The van der Waals surface area contributed by atoms with E-state index in [0.717, 1.165) is 82.8 Å². The SMILES string of the molecule is CN1CC[C@H](O)[C@@]2(CCCN(c3cc(C(=O)N4CCCC4)ccn3)C2)C1. The van der Waals surface area contributed by atoms with Crippen molar-refractivity contribution in [2.45, 2.75) is 38.2 Å². The molecule has 3 fully saturated rings. The Bertz CT molecular complexity index is 661. The Balaban J connectivity index is 1.53. The second kappa shape index (κ2) is 7.16. The van der Waals surface area contributed by atoms with Gasteiger partial charge in [-0.2, -0.15) is 0 Å². The summed E-state index contributed by atoms with van der Waals surface area (Å²) in [5.74, 6) is 0.991. The first-order valence-electron chi connectivity index (χ1n) is 9.94. The van der Waals surface area contributed by atoms with Gasteiger partial charge in [-0.3, -0.25) is 4.79 Å². The Labute approximate surface area is 155 Å². The third kappa shape index (κ3) is 3.32. The summed E-state index contributed by atoms with van der Waals surface area (Å²) in [5, 5.41) is 10.7. The van der Waals surface area contributed by atoms with Crippen molar-refractivity contribution in [3.63, 3.8) is 0 Å². The van der Waals surface area contributed by atoms with Crippen LogP contribution in [0.4, 0.5) is 5.82 Å². The molecule has 4 heterocycles. The van der Waals surface area contributed by atoms with E-state index in [1.165, 1.54) is 0 Å². The predicted molar refractivity (Wildman–Crippen MR) is 101 cm³/mol. The van der Waals surface area contributed by atoms with Crippen LogP contribution in [0.15, 0.2) is 18.3 Å². The average Bonchev–Trinajstić information content (AvgIpc) is 3.19. The molecular formula is C20H30N4O2. The first-order valence-corrected chi connectivity index (χ1v) is 9.94. The Kier molecular flexibility index (Phi) is 4.88. The van der Waals surface area contributed by atoms with Gasteiger partial charge < -0.3 is 19.8 Å². The molecule has 2 atom stereocenters. The maximum absolute atomic E-state index is 12.7. The maximum Gasteiger partial charge on any atom is 0.254 e. The lowest BCUT2D eigenvalue weighted by Crippen LogP contribution is -2.58. The second-order valence-electron chi connectivity index (χ2n) is 8.33. The molecule has 1 spiro atoms. The van der Waals surface area contributed by atoms with Crippen molar-refractivity contribution in [3.8, 4) is 0 Å². The molecule has 26 heavy (non-hydrogen) atoms. The van der Waals surface area contributed by atoms with Crippen molar-refractivity contribution in [3.05, 3.63) is 23.9 Å². The molecule has 4 rings (SSSR count). The van der Waals surface area contributed by atoms with Crippen LogP contribution in [0, 0.1) is 5.41 Å². The zero-order valence-electron chi connectivity index (χ0n) is 15.7. The number of carbonyl (C=O) groups excluding carboxylic acids is 1. The molecule has 142 valence electrons. The van der Waals surface area contributed by atoms with Crippen LogP contribution in [-0.2, 0) is 0 Å². The van der Waals surface area contributed by atoms with Crippen molar-refractivity contribution < 1.29 is 9.90 Å². The number of piperidine rings is 2. The smallest absolute Gasteiger partial charge is 0.254 e. The number of likely N-dealkylation sites (tertiary alicyclic amines) is 2. The molecule has 0 aliphatic carbocycles. The maximum atomic E-state index is 12.7. The van der Waals surface area contributed by atoms with Gasteiger partial charge in [-0.15, -0.1) is 0 Å². The molecule has 1 aromatic heterocycles. The summed E-state index contributed by atoms with van der Waals surface area (Å²) in [7, 11) is 2.14. The third-order valence-electron chi connectivity index (χ3n) is 6.39. The molecule has 0 aromatic carbocycles. The van der Waals surface area contributed by atoms with Crippen molar-refractivity contribution in [2.75, 3.05) is 51.2 Å². The number of pyridine rings is 1. The number of nitrogens with zero attached hydrogens (tertiary/aromatic N) is 4. The van der Waals surface area contributed by atoms with E-state index >= 15 is 0 Å². The minimum Gasteiger partial charge on any atom is -0.392 e. The third-order valence-corrected chi connectivity index (χ3v) is 6.39. The highest BCUT2D eigenvalue weighted by molar-refractivity contribution is 5.95. The Morgan fingerprint density at radius 1 is 1.19 bits per heavy atom. The fourth-order valence-corrected chi connectivity index (χ4v) is 4.95. The number of rotatable bonds is 2. The number of carbonyl (C=O) groups is 1. The molecular weight excluding hydrogens is 328 g/mol. The van der Waals surface area contributed by atoms with Gasteiger partial charge >= 0.3 is 0 Å². The van der Waals surface area contributed by atoms with Crippen LogP contribution in [0.2, 0.25) is 0 Å². The summed E-state index contributed by atoms with van der Waals surface area (Å²) < 4.78 is 0. The highest BCUT2D eigenvalue weighted by atomic mass is 16.3. The monoisotopic (exact) mass is 358 g/mol. The van der Waals surface area contributed by atoms with Gasteiger partial charge in [-0.05, 0) is 51.3 Å². The average molecular weight is 358 g/mol. The molecule has 1 N–H and O–H groups in total. The molecule has 6 nitrogen and oxygen atoms in total. The van der Waals surface area contributed by atoms with E-state index in [1.54, 1.807) is 6.20 Å². The molecule has 1 aromatic rings. The van der Waals surface area contributed by atoms with Crippen LogP contribution >= 0.6 is 0 Å². The largest absolute Gasteiger partial charge is 0.392 e. The molecule has 3 aliphatic heterocycles. The fraction of sp³-hybridized carbons (Fsp3) is 0.700. The first kappa shape index (κ1) is 17.7. The van der Waals surface area contributed by atoms with Gasteiger partial charge in [0.1, 0.15) is 5.82 Å². The number of aliphatic hydroxyl groups is 1. The zero-order chi connectivity index (χ0) is 18.1. The first-order chi connectivity index (χ1) is 12.6. The van der Waals surface area contributed by atoms with Gasteiger partial charge in [-0.1, -0.05) is 0 Å². The Morgan fingerprint density at radius 2 is 2.00 bits per heavy atom. The van der Waals surface area contributed by atoms with Crippen LogP contribution < -0.4 is 4.90 Å². The van der Waals surface area contributed by atoms with Crippen molar-refractivity contribution in [2.24, 2.45) is 5.41 Å². The zero-order valence-corrected chi connectivity index (χ0v) is 15.7. The molecule has 6 heteroatoms. The normalized spacial score (nSPS) is 30.2. The van der Waals surface area contributed by atoms with Gasteiger partial charge in [0.2, 0.25) is 0 Å². The number of hydrogen-bond acceptors (Lipinski definition) is 5. The van der Waals surface area contributed by atoms with Crippen LogP contribution in [0.1, 0.15) is 42.5 Å². The standard InChI is InChI=1S/C20H30N4O2/c1-22-12-6-17(25)20(14-22)7-4-11-24(15-20)18-13-16(5-8-21-18)19(26)23-9-2-3-10-23/h5,8,13,17,25H,2-4,6-7,9-12,14-15H2,1H3/t17-,20-/m0/s1. The lowest BCUT2D eigenvalue weighted by atomic mass is 9.71. The minimum absolute atomic E-state index is 0.0815. The molecule has 1 amide bonds. The second-order valence-corrected chi connectivity index (χ2v) is 8.33. The summed E-state index contributed by atoms with van der Waals surface area (Å²) in [5.41, 5.74) is 0.653. The quantitative estimate of drug-likeness (QED) is 0.870. The molecule has 3 aliphatic rings. The Morgan fingerprint density at radius 3 is 2.81 bits per heavy atom. The number of hydrogen-bond donors (Lipinski definition) is 1. The number of aromatic nitrogens is 1. The molecule has 3 saturated heterocycles. The van der Waals surface area contributed by atoms with E-state index in [4.69, 9.17) is 0 Å². The van der Waals surface area contributed by atoms with Crippen LogP contribution in [0.25, 0.3) is 0 Å². The van der Waals surface area contributed by atoms with E-state index < -0.39 is 0 Å². The van der Waals surface area contributed by atoms with E-state index in [9.17, 15) is 9.90 Å². The highest BCUT2D eigenvalue weighted by Gasteiger charge is 2.45. The summed E-state index contributed by atoms with van der Waals surface area (Å²) >= 11 is 0. The summed E-state index contributed by atoms with van der Waals surface area (Å²) in [6.07, 6.45) is 6.65. The lowest BCUT2D eigenvalue weighted by Gasteiger charge is -2.50. The van der Waals surface area contributed by atoms with Crippen LogP contribution in [0.3, 0.4) is 0 Å². The van der Waals surface area contributed by atoms with Gasteiger partial charge in [-0.25, -0.2) is 4.98 Å². The van der Waals surface area contributed by atoms with Gasteiger partial charge in [0.25, 0.3) is 5.91 Å². The van der Waals surface area contributed by atoms with Crippen molar-refractivity contribution in [1.82, 2.24) is 14.8 Å². The van der Waals surface area contributed by atoms with Gasteiger partial charge in [0, 0.05) is 56.4 Å². The van der Waals surface area contributed by atoms with E-state index in [2.05, 4.69) is 21.8 Å². The summed E-state index contributed by atoms with van der Waals surface area (Å²) in [4.78, 5) is 23.8. The van der Waals surface area contributed by atoms with Gasteiger partial charge in [0.15, 0.2) is 0 Å². The van der Waals surface area contributed by atoms with E-state index in [1.807, 2.05) is 17.0 Å². The topological polar surface area (TPSA) is 59.9 Å². The molecule has 0 radical (unpaired) electrons. The fourth-order valence-electron chi connectivity index (χ4n) is 4.95. The molecule has 0 unspecified atom stereocenters. The van der Waals surface area contributed by atoms with Crippen molar-refractivity contribution >= 4 is 11.7 Å². The predicted octanol–water partition coefficient (Wildman–Crippen LogP) is 1.60. The molecule has 0 saturated carbocycles. The highest BCUT2D eigenvalue weighted by Crippen LogP contribution is 2.39. The van der Waals surface area contributed by atoms with Crippen molar-refractivity contribution in [1.29, 1.82) is 0 Å². The Hall–Kier alpha value is -1.66. The summed E-state index contributed by atoms with van der Waals surface area (Å²) in [6, 6.07) is 3.77. The number of anilines is 1. The van der Waals surface area contributed by atoms with E-state index in [-0.39, 0.29) is 17.4 Å².